The molecule has 0 aliphatic heterocycles. The van der Waals surface area contributed by atoms with Gasteiger partial charge in [-0.05, 0) is 81.5 Å². The van der Waals surface area contributed by atoms with Gasteiger partial charge in [-0.25, -0.2) is 0 Å². The lowest BCUT2D eigenvalue weighted by atomic mass is 9.80. The average molecular weight is 675 g/mol. The van der Waals surface area contributed by atoms with Crippen molar-refractivity contribution in [1.29, 1.82) is 0 Å². The first-order chi connectivity index (χ1) is 24.5. The molecular formula is C46H47BO4. The van der Waals surface area contributed by atoms with Crippen molar-refractivity contribution in [1.82, 2.24) is 0 Å². The normalized spacial score (nSPS) is 11.9. The lowest BCUT2D eigenvalue weighted by Gasteiger charge is -2.13. The predicted octanol–water partition coefficient (Wildman–Crippen LogP) is 9.69. The van der Waals surface area contributed by atoms with Gasteiger partial charge in [-0.3, -0.25) is 9.59 Å². The van der Waals surface area contributed by atoms with E-state index in [1.54, 1.807) is 24.3 Å². The Morgan fingerprint density at radius 3 is 1.59 bits per heavy atom. The van der Waals surface area contributed by atoms with Crippen molar-refractivity contribution in [2.75, 3.05) is 0 Å². The van der Waals surface area contributed by atoms with Gasteiger partial charge in [-0.1, -0.05) is 171 Å². The van der Waals surface area contributed by atoms with Crippen LogP contribution in [0.5, 0.6) is 0 Å². The van der Waals surface area contributed by atoms with Crippen molar-refractivity contribution in [3.63, 3.8) is 0 Å². The zero-order valence-electron chi connectivity index (χ0n) is 30.0. The van der Waals surface area contributed by atoms with E-state index in [9.17, 15) is 9.59 Å². The Morgan fingerprint density at radius 1 is 0.627 bits per heavy atom. The monoisotopic (exact) mass is 674 g/mol. The van der Waals surface area contributed by atoms with Gasteiger partial charge in [0.05, 0.1) is 0 Å². The molecule has 0 fully saturated rings. The van der Waals surface area contributed by atoms with E-state index in [1.807, 2.05) is 55.5 Å². The smallest absolute Gasteiger partial charge is 0.423 e. The van der Waals surface area contributed by atoms with Crippen LogP contribution in [0.3, 0.4) is 0 Å². The molecule has 5 heteroatoms. The highest BCUT2D eigenvalue weighted by atomic mass is 16.4. The minimum absolute atomic E-state index is 0.102. The zero-order valence-corrected chi connectivity index (χ0v) is 30.0. The van der Waals surface area contributed by atoms with Gasteiger partial charge in [0, 0.05) is 12.8 Å². The van der Waals surface area contributed by atoms with Crippen molar-refractivity contribution >= 4 is 51.8 Å². The molecule has 6 rings (SSSR count). The minimum Gasteiger partial charge on any atom is -0.423 e. The molecule has 0 radical (unpaired) electrons. The van der Waals surface area contributed by atoms with Crippen LogP contribution < -0.4 is 5.46 Å². The summed E-state index contributed by atoms with van der Waals surface area (Å²) in [7, 11) is -1.35. The molecule has 6 aromatic rings. The number of allylic oxidation sites excluding steroid dienone is 2. The molecule has 258 valence electrons. The minimum atomic E-state index is -1.35. The lowest BCUT2D eigenvalue weighted by Crippen LogP contribution is -2.29. The van der Waals surface area contributed by atoms with E-state index in [1.165, 1.54) is 44.3 Å². The molecule has 0 spiro atoms. The fourth-order valence-electron chi connectivity index (χ4n) is 6.13. The number of carbonyl (C=O) groups is 2. The third-order valence-electron chi connectivity index (χ3n) is 8.80. The van der Waals surface area contributed by atoms with Crippen molar-refractivity contribution in [3.8, 4) is 0 Å². The summed E-state index contributed by atoms with van der Waals surface area (Å²) >= 11 is 0. The third-order valence-corrected chi connectivity index (χ3v) is 8.80. The molecule has 4 nitrogen and oxygen atoms in total. The van der Waals surface area contributed by atoms with Gasteiger partial charge in [-0.2, -0.15) is 0 Å². The highest BCUT2D eigenvalue weighted by Crippen LogP contribution is 2.29. The SMILES string of the molecule is C=CC(=O)C[C@H](C)c1cccc2ccccc12.Cc1cccc(/C=C/C(=O)C[C@H](C)c2cccc3ccccc23)c1.Cc1cccc(B(O)O)c1. The molecule has 0 saturated carbocycles. The second-order valence-corrected chi connectivity index (χ2v) is 13.0. The van der Waals surface area contributed by atoms with Crippen LogP contribution in [0.25, 0.3) is 27.6 Å². The Morgan fingerprint density at radius 2 is 1.10 bits per heavy atom. The van der Waals surface area contributed by atoms with Crippen LogP contribution in [0, 0.1) is 13.8 Å². The standard InChI is InChI=1S/C23H22O.C16H16O.C7H9BO2/c1-17-7-5-8-19(15-17)13-14-21(24)16-18(2)22-12-6-10-20-9-3-4-11-23(20)22;1-3-14(17)11-12(2)15-10-6-8-13-7-4-5-9-16(13)15;1-6-3-2-4-7(5-6)8(9)10/h3-15,18H,16H2,1-2H3;3-10,12H,1,11H2,2H3;2-5,9-10H,1H3/b14-13+;;/t18-;12-;/m00./s1. The summed E-state index contributed by atoms with van der Waals surface area (Å²) in [5.74, 6) is 0.694. The van der Waals surface area contributed by atoms with Crippen molar-refractivity contribution in [2.45, 2.75) is 52.4 Å². The number of hydrogen-bond acceptors (Lipinski definition) is 4. The summed E-state index contributed by atoms with van der Waals surface area (Å²) in [4.78, 5) is 23.7. The zero-order chi connectivity index (χ0) is 36.8. The van der Waals surface area contributed by atoms with Gasteiger partial charge < -0.3 is 10.0 Å². The Balaban J connectivity index is 0.000000188. The maximum Gasteiger partial charge on any atom is 0.488 e. The summed E-state index contributed by atoms with van der Waals surface area (Å²) in [6, 6.07) is 44.5. The summed E-state index contributed by atoms with van der Waals surface area (Å²) in [5.41, 5.74) is 6.32. The molecule has 0 aromatic heterocycles. The topological polar surface area (TPSA) is 74.6 Å². The molecule has 0 aliphatic rings. The largest absolute Gasteiger partial charge is 0.488 e. The van der Waals surface area contributed by atoms with Crippen LogP contribution in [0.15, 0.2) is 152 Å². The van der Waals surface area contributed by atoms with Gasteiger partial charge in [-0.15, -0.1) is 0 Å². The predicted molar refractivity (Wildman–Crippen MR) is 215 cm³/mol. The molecule has 51 heavy (non-hydrogen) atoms. The van der Waals surface area contributed by atoms with E-state index in [-0.39, 0.29) is 23.4 Å². The molecule has 2 atom stereocenters. The van der Waals surface area contributed by atoms with Gasteiger partial charge in [0.1, 0.15) is 0 Å². The molecule has 2 N–H and O–H groups in total. The molecule has 0 amide bonds. The summed E-state index contributed by atoms with van der Waals surface area (Å²) in [5, 5.41) is 22.3. The van der Waals surface area contributed by atoms with Crippen molar-refractivity contribution < 1.29 is 19.6 Å². The van der Waals surface area contributed by atoms with Crippen LogP contribution in [0.1, 0.15) is 66.3 Å². The first-order valence-electron chi connectivity index (χ1n) is 17.4. The highest BCUT2D eigenvalue weighted by Gasteiger charge is 2.13. The number of rotatable bonds is 10. The van der Waals surface area contributed by atoms with E-state index in [2.05, 4.69) is 100 Å². The Kier molecular flexibility index (Phi) is 14.4. The van der Waals surface area contributed by atoms with Crippen LogP contribution in [0.2, 0.25) is 0 Å². The van der Waals surface area contributed by atoms with Crippen molar-refractivity contribution in [2.24, 2.45) is 0 Å². The summed E-state index contributed by atoms with van der Waals surface area (Å²) < 4.78 is 0. The van der Waals surface area contributed by atoms with Gasteiger partial charge >= 0.3 is 7.12 Å². The summed E-state index contributed by atoms with van der Waals surface area (Å²) in [6.45, 7) is 11.7. The molecule has 0 bridgehead atoms. The Labute approximate surface area is 303 Å². The summed E-state index contributed by atoms with van der Waals surface area (Å²) in [6.07, 6.45) is 6.07. The Hall–Kier alpha value is -5.36. The molecule has 6 aromatic carbocycles. The van der Waals surface area contributed by atoms with E-state index in [0.717, 1.165) is 11.1 Å². The first-order valence-corrected chi connectivity index (χ1v) is 17.4. The molecular weight excluding hydrogens is 627 g/mol. The quantitative estimate of drug-likeness (QED) is 0.112. The maximum atomic E-state index is 12.3. The fourth-order valence-corrected chi connectivity index (χ4v) is 6.13. The number of carbonyl (C=O) groups excluding carboxylic acids is 2. The Bertz CT molecular complexity index is 2100. The highest BCUT2D eigenvalue weighted by molar-refractivity contribution is 6.58. The number of benzene rings is 6. The second kappa shape index (κ2) is 19.1. The van der Waals surface area contributed by atoms with E-state index in [4.69, 9.17) is 10.0 Å². The molecule has 0 heterocycles. The third kappa shape index (κ3) is 11.6. The van der Waals surface area contributed by atoms with Crippen LogP contribution >= 0.6 is 0 Å². The number of aryl methyl sites for hydroxylation is 2. The van der Waals surface area contributed by atoms with Crippen LogP contribution in [-0.2, 0) is 9.59 Å². The average Bonchev–Trinajstić information content (AvgIpc) is 3.14. The molecule has 0 saturated heterocycles. The lowest BCUT2D eigenvalue weighted by molar-refractivity contribution is -0.115. The van der Waals surface area contributed by atoms with Crippen molar-refractivity contribution in [3.05, 3.63) is 180 Å². The number of hydrogen-bond donors (Lipinski definition) is 2. The van der Waals surface area contributed by atoms with Crippen LogP contribution in [0.4, 0.5) is 0 Å². The molecule has 0 aliphatic carbocycles. The van der Waals surface area contributed by atoms with Gasteiger partial charge in [0.15, 0.2) is 11.6 Å². The number of fused-ring (bicyclic) bond motifs is 2. The molecule has 0 unspecified atom stereocenters. The first kappa shape index (κ1) is 38.4. The maximum absolute atomic E-state index is 12.3. The second-order valence-electron chi connectivity index (χ2n) is 13.0. The van der Waals surface area contributed by atoms with E-state index in [0.29, 0.717) is 18.3 Å². The fraction of sp³-hybridized carbons (Fsp3) is 0.174. The van der Waals surface area contributed by atoms with Gasteiger partial charge in [0.25, 0.3) is 0 Å². The van der Waals surface area contributed by atoms with Gasteiger partial charge in [0.2, 0.25) is 0 Å². The van der Waals surface area contributed by atoms with E-state index >= 15 is 0 Å². The number of ketones is 2. The van der Waals surface area contributed by atoms with E-state index < -0.39 is 7.12 Å². The van der Waals surface area contributed by atoms with Crippen LogP contribution in [-0.4, -0.2) is 28.7 Å².